The number of terminal acetylenes is 1. The number of aromatic nitrogens is 2. The molecule has 1 unspecified atom stereocenters. The molecule has 1 N–H and O–H groups in total. The highest BCUT2D eigenvalue weighted by atomic mass is 15.1. The van der Waals surface area contributed by atoms with Crippen LogP contribution in [-0.4, -0.2) is 16.7 Å². The highest BCUT2D eigenvalue weighted by Crippen LogP contribution is 2.21. The van der Waals surface area contributed by atoms with Crippen molar-refractivity contribution in [2.24, 2.45) is 0 Å². The lowest BCUT2D eigenvalue weighted by Gasteiger charge is -2.20. The average Bonchev–Trinajstić information content (AvgIpc) is 2.37. The zero-order valence-corrected chi connectivity index (χ0v) is 11.7. The van der Waals surface area contributed by atoms with Gasteiger partial charge >= 0.3 is 0 Å². The molecule has 98 valence electrons. The van der Waals surface area contributed by atoms with E-state index in [0.717, 1.165) is 43.6 Å². The molecule has 0 aliphatic heterocycles. The molecule has 0 bridgehead atoms. The molecule has 0 saturated heterocycles. The Labute approximate surface area is 110 Å². The summed E-state index contributed by atoms with van der Waals surface area (Å²) in [5, 5.41) is 11.9. The van der Waals surface area contributed by atoms with Crippen molar-refractivity contribution in [1.82, 2.24) is 15.5 Å². The fourth-order valence-corrected chi connectivity index (χ4v) is 2.02. The molecule has 0 aliphatic carbocycles. The van der Waals surface area contributed by atoms with Crippen LogP contribution in [-0.2, 0) is 0 Å². The maximum Gasteiger partial charge on any atom is 0.0648 e. The van der Waals surface area contributed by atoms with Crippen molar-refractivity contribution < 1.29 is 0 Å². The van der Waals surface area contributed by atoms with Gasteiger partial charge in [-0.1, -0.05) is 6.92 Å². The molecular formula is C15H23N3. The third-order valence-electron chi connectivity index (χ3n) is 2.97. The molecule has 0 saturated carbocycles. The van der Waals surface area contributed by atoms with E-state index in [-0.39, 0.29) is 0 Å². The molecule has 0 spiro atoms. The largest absolute Gasteiger partial charge is 0.310 e. The van der Waals surface area contributed by atoms with Crippen LogP contribution in [0.2, 0.25) is 0 Å². The van der Waals surface area contributed by atoms with Crippen LogP contribution in [0.25, 0.3) is 0 Å². The predicted octanol–water partition coefficient (Wildman–Crippen LogP) is 2.94. The van der Waals surface area contributed by atoms with E-state index in [0.29, 0.717) is 6.04 Å². The fraction of sp³-hybridized carbons (Fsp3) is 0.600. The van der Waals surface area contributed by atoms with Gasteiger partial charge in [0.1, 0.15) is 0 Å². The molecule has 0 aliphatic rings. The second-order valence-electron chi connectivity index (χ2n) is 4.63. The molecule has 1 rings (SSSR count). The topological polar surface area (TPSA) is 37.8 Å². The first kappa shape index (κ1) is 14.7. The SMILES string of the molecule is C#CCCCC(NCCC)c1cc(C)nnc1C. The number of hydrogen-bond donors (Lipinski definition) is 1. The van der Waals surface area contributed by atoms with Crippen LogP contribution in [0, 0.1) is 26.2 Å². The van der Waals surface area contributed by atoms with E-state index < -0.39 is 0 Å². The van der Waals surface area contributed by atoms with Gasteiger partial charge in [0.15, 0.2) is 0 Å². The smallest absolute Gasteiger partial charge is 0.0648 e. The van der Waals surface area contributed by atoms with Crippen LogP contribution >= 0.6 is 0 Å². The second-order valence-corrected chi connectivity index (χ2v) is 4.63. The lowest BCUT2D eigenvalue weighted by Crippen LogP contribution is -2.23. The molecule has 1 atom stereocenters. The third kappa shape index (κ3) is 4.46. The number of aryl methyl sites for hydroxylation is 2. The fourth-order valence-electron chi connectivity index (χ4n) is 2.02. The Hall–Kier alpha value is -1.40. The Morgan fingerprint density at radius 2 is 2.17 bits per heavy atom. The summed E-state index contributed by atoms with van der Waals surface area (Å²) in [6, 6.07) is 2.47. The van der Waals surface area contributed by atoms with Crippen molar-refractivity contribution in [2.45, 2.75) is 52.5 Å². The van der Waals surface area contributed by atoms with Gasteiger partial charge in [0.25, 0.3) is 0 Å². The first-order valence-electron chi connectivity index (χ1n) is 6.66. The summed E-state index contributed by atoms with van der Waals surface area (Å²) in [5.41, 5.74) is 3.23. The van der Waals surface area contributed by atoms with E-state index in [1.807, 2.05) is 13.8 Å². The van der Waals surface area contributed by atoms with E-state index in [9.17, 15) is 0 Å². The van der Waals surface area contributed by atoms with Crippen molar-refractivity contribution in [1.29, 1.82) is 0 Å². The lowest BCUT2D eigenvalue weighted by atomic mass is 9.99. The van der Waals surface area contributed by atoms with Crippen molar-refractivity contribution in [3.63, 3.8) is 0 Å². The molecule has 18 heavy (non-hydrogen) atoms. The average molecular weight is 245 g/mol. The molecule has 1 aromatic heterocycles. The number of hydrogen-bond acceptors (Lipinski definition) is 3. The molecular weight excluding hydrogens is 222 g/mol. The molecule has 0 amide bonds. The second kappa shape index (κ2) is 7.84. The molecule has 1 aromatic rings. The van der Waals surface area contributed by atoms with E-state index in [4.69, 9.17) is 6.42 Å². The number of nitrogens with one attached hydrogen (secondary N) is 1. The quantitative estimate of drug-likeness (QED) is 0.593. The van der Waals surface area contributed by atoms with Crippen molar-refractivity contribution >= 4 is 0 Å². The van der Waals surface area contributed by atoms with Gasteiger partial charge in [-0.2, -0.15) is 10.2 Å². The standard InChI is InChI=1S/C15H23N3/c1-5-7-8-9-15(16-10-6-2)14-11-12(3)17-18-13(14)4/h1,11,15-16H,6-10H2,2-4H3. The summed E-state index contributed by atoms with van der Waals surface area (Å²) in [5.74, 6) is 2.70. The predicted molar refractivity (Wildman–Crippen MR) is 75.2 cm³/mol. The summed E-state index contributed by atoms with van der Waals surface area (Å²) in [7, 11) is 0. The number of unbranched alkanes of at least 4 members (excludes halogenated alkanes) is 1. The van der Waals surface area contributed by atoms with Crippen LogP contribution in [0.5, 0.6) is 0 Å². The normalized spacial score (nSPS) is 12.1. The van der Waals surface area contributed by atoms with Gasteiger partial charge in [-0.3, -0.25) is 0 Å². The van der Waals surface area contributed by atoms with Crippen LogP contribution in [0.3, 0.4) is 0 Å². The van der Waals surface area contributed by atoms with Crippen LogP contribution in [0.15, 0.2) is 6.07 Å². The molecule has 0 fully saturated rings. The first-order chi connectivity index (χ1) is 8.69. The first-order valence-corrected chi connectivity index (χ1v) is 6.66. The van der Waals surface area contributed by atoms with Gasteiger partial charge in [-0.25, -0.2) is 0 Å². The van der Waals surface area contributed by atoms with Crippen LogP contribution in [0.1, 0.15) is 55.6 Å². The molecule has 0 aromatic carbocycles. The minimum absolute atomic E-state index is 0.340. The third-order valence-corrected chi connectivity index (χ3v) is 2.97. The molecule has 3 nitrogen and oxygen atoms in total. The van der Waals surface area contributed by atoms with E-state index in [1.54, 1.807) is 0 Å². The van der Waals surface area contributed by atoms with Crippen molar-refractivity contribution in [2.75, 3.05) is 6.54 Å². The minimum Gasteiger partial charge on any atom is -0.310 e. The van der Waals surface area contributed by atoms with Crippen LogP contribution < -0.4 is 5.32 Å². The Kier molecular flexibility index (Phi) is 6.38. The van der Waals surface area contributed by atoms with Gasteiger partial charge in [-0.05, 0) is 51.3 Å². The van der Waals surface area contributed by atoms with Gasteiger partial charge in [0, 0.05) is 12.5 Å². The van der Waals surface area contributed by atoms with E-state index in [2.05, 4.69) is 34.4 Å². The lowest BCUT2D eigenvalue weighted by molar-refractivity contribution is 0.482. The number of rotatable bonds is 7. The zero-order valence-electron chi connectivity index (χ0n) is 11.7. The van der Waals surface area contributed by atoms with Gasteiger partial charge < -0.3 is 5.32 Å². The maximum atomic E-state index is 5.31. The summed E-state index contributed by atoms with van der Waals surface area (Å²) in [6.45, 7) is 7.19. The summed E-state index contributed by atoms with van der Waals surface area (Å²) in [6.07, 6.45) is 9.37. The zero-order chi connectivity index (χ0) is 13.4. The monoisotopic (exact) mass is 245 g/mol. The molecule has 1 heterocycles. The summed E-state index contributed by atoms with van der Waals surface area (Å²) < 4.78 is 0. The Balaban J connectivity index is 2.79. The van der Waals surface area contributed by atoms with Gasteiger partial charge in [-0.15, -0.1) is 12.3 Å². The minimum atomic E-state index is 0.340. The van der Waals surface area contributed by atoms with E-state index >= 15 is 0 Å². The van der Waals surface area contributed by atoms with Gasteiger partial charge in [0.05, 0.1) is 11.4 Å². The van der Waals surface area contributed by atoms with Crippen LogP contribution in [0.4, 0.5) is 0 Å². The Morgan fingerprint density at radius 1 is 1.39 bits per heavy atom. The Bertz CT molecular complexity index is 407. The van der Waals surface area contributed by atoms with E-state index in [1.165, 1.54) is 5.56 Å². The number of nitrogens with zero attached hydrogens (tertiary/aromatic N) is 2. The maximum absolute atomic E-state index is 5.31. The highest BCUT2D eigenvalue weighted by molar-refractivity contribution is 5.23. The van der Waals surface area contributed by atoms with Crippen molar-refractivity contribution in [3.05, 3.63) is 23.0 Å². The Morgan fingerprint density at radius 3 is 2.83 bits per heavy atom. The molecule has 3 heteroatoms. The van der Waals surface area contributed by atoms with Crippen molar-refractivity contribution in [3.8, 4) is 12.3 Å². The highest BCUT2D eigenvalue weighted by Gasteiger charge is 2.14. The summed E-state index contributed by atoms with van der Waals surface area (Å²) >= 11 is 0. The summed E-state index contributed by atoms with van der Waals surface area (Å²) in [4.78, 5) is 0. The van der Waals surface area contributed by atoms with Gasteiger partial charge in [0.2, 0.25) is 0 Å². The molecule has 0 radical (unpaired) electrons.